The summed E-state index contributed by atoms with van der Waals surface area (Å²) in [4.78, 5) is 31.1. The summed E-state index contributed by atoms with van der Waals surface area (Å²) in [6.45, 7) is 3.71. The van der Waals surface area contributed by atoms with Gasteiger partial charge in [-0.05, 0) is 38.1 Å². The SMILES string of the molecule is CCN(C(=O)COC(=O)c1cc(OC)c(C)c(OC)c1)c1nc2ccccc2s1. The number of methoxy groups -OCH3 is 2. The molecule has 0 saturated heterocycles. The lowest BCUT2D eigenvalue weighted by Gasteiger charge is -2.17. The second-order valence-corrected chi connectivity index (χ2v) is 7.19. The number of hydrogen-bond acceptors (Lipinski definition) is 7. The first-order valence-electron chi connectivity index (χ1n) is 9.04. The maximum atomic E-state index is 12.7. The average molecular weight is 414 g/mol. The van der Waals surface area contributed by atoms with Crippen LogP contribution in [0, 0.1) is 6.92 Å². The van der Waals surface area contributed by atoms with Crippen molar-refractivity contribution in [3.05, 3.63) is 47.5 Å². The number of rotatable bonds is 7. The number of para-hydroxylation sites is 1. The van der Waals surface area contributed by atoms with E-state index < -0.39 is 5.97 Å². The smallest absolute Gasteiger partial charge is 0.338 e. The Labute approximate surface area is 172 Å². The van der Waals surface area contributed by atoms with Crippen LogP contribution in [0.5, 0.6) is 11.5 Å². The maximum absolute atomic E-state index is 12.7. The van der Waals surface area contributed by atoms with Gasteiger partial charge in [-0.25, -0.2) is 9.78 Å². The first-order chi connectivity index (χ1) is 14.0. The number of esters is 1. The second-order valence-electron chi connectivity index (χ2n) is 6.18. The molecule has 0 atom stereocenters. The molecule has 2 aromatic carbocycles. The normalized spacial score (nSPS) is 10.6. The molecular weight excluding hydrogens is 392 g/mol. The van der Waals surface area contributed by atoms with E-state index in [0.717, 1.165) is 15.8 Å². The van der Waals surface area contributed by atoms with Gasteiger partial charge < -0.3 is 14.2 Å². The summed E-state index contributed by atoms with van der Waals surface area (Å²) < 4.78 is 16.8. The molecule has 0 aliphatic carbocycles. The van der Waals surface area contributed by atoms with Crippen molar-refractivity contribution in [3.8, 4) is 11.5 Å². The monoisotopic (exact) mass is 414 g/mol. The van der Waals surface area contributed by atoms with Gasteiger partial charge in [0.1, 0.15) is 11.5 Å². The fourth-order valence-corrected chi connectivity index (χ4v) is 3.93. The molecule has 0 saturated carbocycles. The summed E-state index contributed by atoms with van der Waals surface area (Å²) in [5.41, 5.74) is 1.85. The lowest BCUT2D eigenvalue weighted by molar-refractivity contribution is -0.121. The Hall–Kier alpha value is -3.13. The third-order valence-electron chi connectivity index (χ3n) is 4.45. The minimum Gasteiger partial charge on any atom is -0.496 e. The third kappa shape index (κ3) is 4.32. The second kappa shape index (κ2) is 8.91. The molecule has 0 unspecified atom stereocenters. The molecule has 29 heavy (non-hydrogen) atoms. The lowest BCUT2D eigenvalue weighted by atomic mass is 10.1. The molecule has 1 aromatic heterocycles. The van der Waals surface area contributed by atoms with E-state index in [1.165, 1.54) is 30.5 Å². The largest absolute Gasteiger partial charge is 0.496 e. The van der Waals surface area contributed by atoms with Crippen LogP contribution >= 0.6 is 11.3 Å². The molecule has 0 radical (unpaired) electrons. The Morgan fingerprint density at radius 1 is 1.10 bits per heavy atom. The van der Waals surface area contributed by atoms with E-state index in [0.29, 0.717) is 23.2 Å². The molecule has 0 bridgehead atoms. The van der Waals surface area contributed by atoms with Crippen LogP contribution in [-0.4, -0.2) is 44.2 Å². The number of nitrogens with zero attached hydrogens (tertiary/aromatic N) is 2. The first kappa shape index (κ1) is 20.6. The van der Waals surface area contributed by atoms with Gasteiger partial charge in [-0.3, -0.25) is 9.69 Å². The molecule has 7 nitrogen and oxygen atoms in total. The van der Waals surface area contributed by atoms with Crippen molar-refractivity contribution in [2.24, 2.45) is 0 Å². The zero-order chi connectivity index (χ0) is 21.0. The van der Waals surface area contributed by atoms with Gasteiger partial charge >= 0.3 is 5.97 Å². The van der Waals surface area contributed by atoms with E-state index in [-0.39, 0.29) is 18.1 Å². The molecule has 3 rings (SSSR count). The predicted molar refractivity (Wildman–Crippen MR) is 112 cm³/mol. The number of ether oxygens (including phenoxy) is 3. The number of benzene rings is 2. The maximum Gasteiger partial charge on any atom is 0.338 e. The van der Waals surface area contributed by atoms with E-state index in [1.807, 2.05) is 38.1 Å². The Bertz CT molecular complexity index is 988. The summed E-state index contributed by atoms with van der Waals surface area (Å²) in [7, 11) is 3.02. The van der Waals surface area contributed by atoms with E-state index >= 15 is 0 Å². The van der Waals surface area contributed by atoms with Crippen molar-refractivity contribution < 1.29 is 23.8 Å². The fourth-order valence-electron chi connectivity index (χ4n) is 2.89. The van der Waals surface area contributed by atoms with Crippen molar-refractivity contribution in [2.45, 2.75) is 13.8 Å². The topological polar surface area (TPSA) is 78.0 Å². The minimum atomic E-state index is -0.629. The van der Waals surface area contributed by atoms with Crippen LogP contribution in [0.2, 0.25) is 0 Å². The van der Waals surface area contributed by atoms with Crippen LogP contribution in [0.4, 0.5) is 5.13 Å². The highest BCUT2D eigenvalue weighted by Crippen LogP contribution is 2.30. The van der Waals surface area contributed by atoms with Gasteiger partial charge in [-0.2, -0.15) is 0 Å². The van der Waals surface area contributed by atoms with Crippen LogP contribution < -0.4 is 14.4 Å². The Kier molecular flexibility index (Phi) is 6.33. The number of aromatic nitrogens is 1. The number of thiazole rings is 1. The zero-order valence-electron chi connectivity index (χ0n) is 16.7. The number of amides is 1. The van der Waals surface area contributed by atoms with Crippen LogP contribution in [0.3, 0.4) is 0 Å². The molecule has 0 aliphatic rings. The van der Waals surface area contributed by atoms with Crippen LogP contribution in [-0.2, 0) is 9.53 Å². The number of likely N-dealkylation sites (N-methyl/N-ethyl adjacent to an activating group) is 1. The van der Waals surface area contributed by atoms with E-state index in [4.69, 9.17) is 14.2 Å². The van der Waals surface area contributed by atoms with E-state index in [1.54, 1.807) is 12.1 Å². The van der Waals surface area contributed by atoms with Crippen LogP contribution in [0.25, 0.3) is 10.2 Å². The van der Waals surface area contributed by atoms with Crippen molar-refractivity contribution in [3.63, 3.8) is 0 Å². The molecule has 0 spiro atoms. The molecular formula is C21H22N2O5S. The molecule has 0 aliphatic heterocycles. The average Bonchev–Trinajstić information content (AvgIpc) is 3.16. The van der Waals surface area contributed by atoms with Gasteiger partial charge in [0.2, 0.25) is 0 Å². The highest BCUT2D eigenvalue weighted by Gasteiger charge is 2.21. The number of carbonyl (C=O) groups excluding carboxylic acids is 2. The summed E-state index contributed by atoms with van der Waals surface area (Å²) in [5, 5.41) is 0.577. The van der Waals surface area contributed by atoms with Gasteiger partial charge in [-0.1, -0.05) is 23.5 Å². The molecule has 0 fully saturated rings. The van der Waals surface area contributed by atoms with Crippen molar-refractivity contribution >= 4 is 38.6 Å². The number of hydrogen-bond donors (Lipinski definition) is 0. The minimum absolute atomic E-state index is 0.250. The van der Waals surface area contributed by atoms with E-state index in [2.05, 4.69) is 4.98 Å². The summed E-state index contributed by atoms with van der Waals surface area (Å²) in [5.74, 6) is 0.0424. The summed E-state index contributed by atoms with van der Waals surface area (Å²) in [6, 6.07) is 10.8. The van der Waals surface area contributed by atoms with Crippen molar-refractivity contribution in [2.75, 3.05) is 32.3 Å². The number of fused-ring (bicyclic) bond motifs is 1. The quantitative estimate of drug-likeness (QED) is 0.547. The Morgan fingerprint density at radius 2 is 1.76 bits per heavy atom. The Balaban J connectivity index is 1.72. The lowest BCUT2D eigenvalue weighted by Crippen LogP contribution is -2.34. The summed E-state index contributed by atoms with van der Waals surface area (Å²) >= 11 is 1.42. The van der Waals surface area contributed by atoms with Gasteiger partial charge in [0.15, 0.2) is 11.7 Å². The molecule has 8 heteroatoms. The third-order valence-corrected chi connectivity index (χ3v) is 5.50. The Morgan fingerprint density at radius 3 is 2.34 bits per heavy atom. The highest BCUT2D eigenvalue weighted by molar-refractivity contribution is 7.22. The van der Waals surface area contributed by atoms with Crippen molar-refractivity contribution in [1.82, 2.24) is 4.98 Å². The first-order valence-corrected chi connectivity index (χ1v) is 9.85. The fraction of sp³-hybridized carbons (Fsp3) is 0.286. The van der Waals surface area contributed by atoms with Gasteiger partial charge in [0, 0.05) is 12.1 Å². The molecule has 0 N–H and O–H groups in total. The molecule has 3 aromatic rings. The zero-order valence-corrected chi connectivity index (χ0v) is 17.5. The molecule has 1 amide bonds. The van der Waals surface area contributed by atoms with Gasteiger partial charge in [0.25, 0.3) is 5.91 Å². The number of carbonyl (C=O) groups is 2. The van der Waals surface area contributed by atoms with Crippen molar-refractivity contribution in [1.29, 1.82) is 0 Å². The summed E-state index contributed by atoms with van der Waals surface area (Å²) in [6.07, 6.45) is 0. The van der Waals surface area contributed by atoms with Crippen LogP contribution in [0.15, 0.2) is 36.4 Å². The van der Waals surface area contributed by atoms with Gasteiger partial charge in [-0.15, -0.1) is 0 Å². The number of anilines is 1. The molecule has 152 valence electrons. The standard InChI is InChI=1S/C21H22N2O5S/c1-5-23(21-22-15-8-6-7-9-18(15)29-21)19(24)12-28-20(25)14-10-16(26-3)13(2)17(11-14)27-4/h6-11H,5,12H2,1-4H3. The van der Waals surface area contributed by atoms with Gasteiger partial charge in [0.05, 0.1) is 30.0 Å². The highest BCUT2D eigenvalue weighted by atomic mass is 32.1. The predicted octanol–water partition coefficient (Wildman–Crippen LogP) is 3.83. The molecule has 1 heterocycles. The van der Waals surface area contributed by atoms with Crippen LogP contribution in [0.1, 0.15) is 22.8 Å². The van der Waals surface area contributed by atoms with E-state index in [9.17, 15) is 9.59 Å².